The first-order valence-electron chi connectivity index (χ1n) is 17.7. The molecule has 0 saturated carbocycles. The number of allylic oxidation sites excluding steroid dienone is 2. The Morgan fingerprint density at radius 3 is 2.13 bits per heavy atom. The number of ether oxygens (including phenoxy) is 1. The van der Waals surface area contributed by atoms with Crippen molar-refractivity contribution in [2.24, 2.45) is 11.5 Å². The fourth-order valence-electron chi connectivity index (χ4n) is 6.26. The molecular formula is C37H42N12O6. The van der Waals surface area contributed by atoms with Gasteiger partial charge in [-0.15, -0.1) is 0 Å². The Hall–Kier alpha value is -6.69. The predicted octanol–water partition coefficient (Wildman–Crippen LogP) is 2.72. The molecule has 0 aliphatic carbocycles. The van der Waals surface area contributed by atoms with Crippen LogP contribution in [0.5, 0.6) is 5.75 Å². The summed E-state index contributed by atoms with van der Waals surface area (Å²) in [5, 5.41) is 21.0. The van der Waals surface area contributed by atoms with Crippen LogP contribution in [-0.4, -0.2) is 85.5 Å². The van der Waals surface area contributed by atoms with Crippen LogP contribution >= 0.6 is 0 Å². The zero-order valence-electron chi connectivity index (χ0n) is 30.9. The molecule has 55 heavy (non-hydrogen) atoms. The van der Waals surface area contributed by atoms with Crippen LogP contribution in [-0.2, 0) is 32.6 Å². The molecule has 0 bridgehead atoms. The van der Waals surface area contributed by atoms with Gasteiger partial charge in [0.15, 0.2) is 11.4 Å². The summed E-state index contributed by atoms with van der Waals surface area (Å²) in [5.41, 5.74) is 15.3. The molecule has 18 heteroatoms. The average Bonchev–Trinajstić information content (AvgIpc) is 3.92. The van der Waals surface area contributed by atoms with Crippen molar-refractivity contribution in [2.75, 3.05) is 18.5 Å². The van der Waals surface area contributed by atoms with Gasteiger partial charge in [0.05, 0.1) is 35.5 Å². The van der Waals surface area contributed by atoms with Gasteiger partial charge in [0.25, 0.3) is 5.91 Å². The van der Waals surface area contributed by atoms with Crippen molar-refractivity contribution in [3.8, 4) is 5.75 Å². The summed E-state index contributed by atoms with van der Waals surface area (Å²) in [6, 6.07) is 7.99. The van der Waals surface area contributed by atoms with Gasteiger partial charge in [-0.25, -0.2) is 15.0 Å². The van der Waals surface area contributed by atoms with Crippen LogP contribution < -0.4 is 21.5 Å². The molecule has 1 aromatic carbocycles. The maximum absolute atomic E-state index is 13.7. The molecule has 3 amide bonds. The third-order valence-corrected chi connectivity index (χ3v) is 8.81. The minimum atomic E-state index is -0.676. The lowest BCUT2D eigenvalue weighted by Gasteiger charge is -2.12. The number of fused-ring (bicyclic) bond motifs is 2. The maximum atomic E-state index is 13.7. The lowest BCUT2D eigenvalue weighted by atomic mass is 10.1. The van der Waals surface area contributed by atoms with Crippen molar-refractivity contribution in [1.29, 1.82) is 0 Å². The second kappa shape index (κ2) is 16.1. The molecule has 0 atom stereocenters. The van der Waals surface area contributed by atoms with Crippen molar-refractivity contribution >= 4 is 51.7 Å². The van der Waals surface area contributed by atoms with Gasteiger partial charge in [0.2, 0.25) is 17.8 Å². The second-order valence-corrected chi connectivity index (χ2v) is 12.7. The SMILES string of the molecule is CCn1nc(C)cc1C(=O)Cc1nc2cc(C(N)=O)cc(OCCCO)c2n1C/C=C/Cn1c(NC(=O)c2cc(C)nn2CC)nc2cc(C(N)=O)cnc21. The van der Waals surface area contributed by atoms with E-state index in [9.17, 15) is 24.3 Å². The number of amides is 3. The van der Waals surface area contributed by atoms with Crippen molar-refractivity contribution in [3.63, 3.8) is 0 Å². The maximum Gasteiger partial charge on any atom is 0.276 e. The number of aliphatic hydroxyl groups excluding tert-OH is 1. The van der Waals surface area contributed by atoms with E-state index in [4.69, 9.17) is 21.2 Å². The third kappa shape index (κ3) is 7.98. The number of nitrogens with zero attached hydrogens (tertiary/aromatic N) is 9. The molecule has 0 fully saturated rings. The topological polar surface area (TPSA) is 246 Å². The summed E-state index contributed by atoms with van der Waals surface area (Å²) >= 11 is 0. The van der Waals surface area contributed by atoms with E-state index in [-0.39, 0.29) is 55.6 Å². The number of nitrogens with one attached hydrogen (secondary N) is 1. The highest BCUT2D eigenvalue weighted by Crippen LogP contribution is 2.30. The van der Waals surface area contributed by atoms with Gasteiger partial charge in [0.1, 0.15) is 34.0 Å². The molecule has 0 aliphatic heterocycles. The normalized spacial score (nSPS) is 11.6. The number of carbonyl (C=O) groups excluding carboxylic acids is 4. The zero-order chi connectivity index (χ0) is 39.4. The standard InChI is InChI=1S/C37H42N12O6/c1-5-48-27(14-21(3)44-48)29(51)19-31-41-25-16-23(33(38)52)18-30(55-13-9-12-50)32(25)46(31)10-7-8-11-47-35-26(17-24(20-40-35)34(39)53)42-37(47)43-36(54)28-15-22(4)45-49(28)6-2/h7-8,14-18,20,50H,5-6,9-13,19H2,1-4H3,(H2,38,52)(H2,39,53)(H,42,43,54)/b8-7+. The molecule has 0 spiro atoms. The fraction of sp³-hybridized carbons (Fsp3) is 0.324. The summed E-state index contributed by atoms with van der Waals surface area (Å²) in [4.78, 5) is 65.2. The Morgan fingerprint density at radius 2 is 1.47 bits per heavy atom. The molecule has 6 N–H and O–H groups in total. The predicted molar refractivity (Wildman–Crippen MR) is 202 cm³/mol. The van der Waals surface area contributed by atoms with Crippen LogP contribution in [0.3, 0.4) is 0 Å². The van der Waals surface area contributed by atoms with Gasteiger partial charge in [0, 0.05) is 51.0 Å². The number of hydrogen-bond donors (Lipinski definition) is 4. The number of benzene rings is 1. The fourth-order valence-corrected chi connectivity index (χ4v) is 6.26. The van der Waals surface area contributed by atoms with Crippen LogP contribution in [0.2, 0.25) is 0 Å². The number of Topliss-reactive ketones (excluding diaryl/α,β-unsaturated/α-hetero) is 1. The minimum Gasteiger partial charge on any atom is -0.491 e. The number of nitrogens with two attached hydrogens (primary N) is 2. The Bertz CT molecular complexity index is 2470. The lowest BCUT2D eigenvalue weighted by Crippen LogP contribution is -2.20. The first-order valence-corrected chi connectivity index (χ1v) is 17.7. The van der Waals surface area contributed by atoms with Gasteiger partial charge < -0.3 is 25.9 Å². The highest BCUT2D eigenvalue weighted by atomic mass is 16.5. The van der Waals surface area contributed by atoms with Crippen LogP contribution in [0.1, 0.15) is 79.2 Å². The molecule has 0 aliphatic rings. The summed E-state index contributed by atoms with van der Waals surface area (Å²) in [6.07, 6.45) is 5.28. The summed E-state index contributed by atoms with van der Waals surface area (Å²) in [7, 11) is 0. The van der Waals surface area contributed by atoms with Crippen molar-refractivity contribution in [1.82, 2.24) is 43.6 Å². The van der Waals surface area contributed by atoms with E-state index in [1.54, 1.807) is 39.1 Å². The zero-order valence-corrected chi connectivity index (χ0v) is 30.9. The Kier molecular flexibility index (Phi) is 11.2. The van der Waals surface area contributed by atoms with Crippen LogP contribution in [0.15, 0.2) is 48.7 Å². The smallest absolute Gasteiger partial charge is 0.276 e. The van der Waals surface area contributed by atoms with E-state index in [2.05, 4.69) is 25.5 Å². The number of ketones is 1. The van der Waals surface area contributed by atoms with Gasteiger partial charge in [-0.1, -0.05) is 12.2 Å². The number of imidazole rings is 2. The summed E-state index contributed by atoms with van der Waals surface area (Å²) < 4.78 is 12.8. The number of anilines is 1. The third-order valence-electron chi connectivity index (χ3n) is 8.81. The Balaban J connectivity index is 1.38. The van der Waals surface area contributed by atoms with Crippen molar-refractivity contribution in [2.45, 2.75) is 66.7 Å². The van der Waals surface area contributed by atoms with E-state index >= 15 is 0 Å². The molecule has 0 saturated heterocycles. The number of pyridine rings is 1. The van der Waals surface area contributed by atoms with Gasteiger partial charge in [-0.05, 0) is 58.0 Å². The molecule has 5 aromatic heterocycles. The van der Waals surface area contributed by atoms with Crippen molar-refractivity contribution in [3.05, 3.63) is 88.4 Å². The number of aryl methyl sites for hydroxylation is 4. The van der Waals surface area contributed by atoms with E-state index < -0.39 is 17.7 Å². The summed E-state index contributed by atoms with van der Waals surface area (Å²) in [6.45, 7) is 8.83. The van der Waals surface area contributed by atoms with Gasteiger partial charge in [-0.2, -0.15) is 10.2 Å². The lowest BCUT2D eigenvalue weighted by molar-refractivity contribution is 0.0975. The van der Waals surface area contributed by atoms with Gasteiger partial charge in [-0.3, -0.25) is 38.4 Å². The number of carbonyl (C=O) groups is 4. The molecular weight excluding hydrogens is 708 g/mol. The molecule has 5 heterocycles. The van der Waals surface area contributed by atoms with E-state index in [1.807, 2.05) is 37.5 Å². The van der Waals surface area contributed by atoms with Crippen LogP contribution in [0.25, 0.3) is 22.2 Å². The molecule has 6 rings (SSSR count). The molecule has 0 radical (unpaired) electrons. The van der Waals surface area contributed by atoms with Gasteiger partial charge >= 0.3 is 0 Å². The highest BCUT2D eigenvalue weighted by Gasteiger charge is 2.23. The number of primary amides is 2. The van der Waals surface area contributed by atoms with Crippen LogP contribution in [0, 0.1) is 13.8 Å². The molecule has 18 nitrogen and oxygen atoms in total. The average molecular weight is 751 g/mol. The Morgan fingerprint density at radius 1 is 0.836 bits per heavy atom. The largest absolute Gasteiger partial charge is 0.491 e. The quantitative estimate of drug-likeness (QED) is 0.0600. The molecule has 286 valence electrons. The second-order valence-electron chi connectivity index (χ2n) is 12.7. The number of aliphatic hydroxyl groups is 1. The Labute approximate surface area is 314 Å². The minimum absolute atomic E-state index is 0.0854. The van der Waals surface area contributed by atoms with E-state index in [1.165, 1.54) is 18.3 Å². The molecule has 6 aromatic rings. The number of rotatable bonds is 17. The van der Waals surface area contributed by atoms with Crippen molar-refractivity contribution < 1.29 is 29.0 Å². The first-order chi connectivity index (χ1) is 26.4. The highest BCUT2D eigenvalue weighted by molar-refractivity contribution is 6.03. The first kappa shape index (κ1) is 38.0. The van der Waals surface area contributed by atoms with E-state index in [0.29, 0.717) is 76.1 Å². The molecule has 0 unspecified atom stereocenters. The summed E-state index contributed by atoms with van der Waals surface area (Å²) in [5.74, 6) is -1.08. The van der Waals surface area contributed by atoms with Crippen LogP contribution in [0.4, 0.5) is 5.95 Å². The van der Waals surface area contributed by atoms with E-state index in [0.717, 1.165) is 0 Å². The monoisotopic (exact) mass is 750 g/mol. The number of hydrogen-bond acceptors (Lipinski definition) is 11. The number of aromatic nitrogens is 9.